The zero-order valence-corrected chi connectivity index (χ0v) is 9.55. The van der Waals surface area contributed by atoms with Crippen molar-refractivity contribution in [3.63, 3.8) is 0 Å². The molecule has 4 heteroatoms. The van der Waals surface area contributed by atoms with Crippen LogP contribution in [-0.4, -0.2) is 9.67 Å². The molecule has 2 rings (SSSR count). The summed E-state index contributed by atoms with van der Waals surface area (Å²) in [6, 6.07) is 8.61. The first-order valence-electron chi connectivity index (χ1n) is 5.43. The van der Waals surface area contributed by atoms with Crippen LogP contribution in [0, 0.1) is 0 Å². The van der Waals surface area contributed by atoms with E-state index in [1.165, 1.54) is 6.07 Å². The van der Waals surface area contributed by atoms with Gasteiger partial charge in [0, 0.05) is 23.6 Å². The van der Waals surface area contributed by atoms with Gasteiger partial charge in [0.1, 0.15) is 0 Å². The van der Waals surface area contributed by atoms with Crippen LogP contribution in [0.15, 0.2) is 41.3 Å². The third-order valence-corrected chi connectivity index (χ3v) is 2.68. The van der Waals surface area contributed by atoms with Gasteiger partial charge in [-0.05, 0) is 30.7 Å². The molecule has 0 spiro atoms. The number of aromatic hydroxyl groups is 1. The van der Waals surface area contributed by atoms with E-state index >= 15 is 0 Å². The Morgan fingerprint density at radius 1 is 1.24 bits per heavy atom. The Morgan fingerprint density at radius 3 is 2.47 bits per heavy atom. The van der Waals surface area contributed by atoms with Gasteiger partial charge in [-0.25, -0.2) is 0 Å². The summed E-state index contributed by atoms with van der Waals surface area (Å²) in [5.41, 5.74) is 7.41. The first-order chi connectivity index (χ1) is 8.13. The van der Waals surface area contributed by atoms with E-state index < -0.39 is 0 Å². The van der Waals surface area contributed by atoms with Crippen LogP contribution in [0.2, 0.25) is 0 Å². The van der Waals surface area contributed by atoms with Crippen molar-refractivity contribution in [3.05, 3.63) is 52.4 Å². The molecule has 0 aliphatic carbocycles. The Balaban J connectivity index is 2.63. The molecular weight excluding hydrogens is 216 g/mol. The average Bonchev–Trinajstić information content (AvgIpc) is 2.34. The van der Waals surface area contributed by atoms with E-state index in [-0.39, 0.29) is 11.2 Å². The van der Waals surface area contributed by atoms with Crippen molar-refractivity contribution in [2.45, 2.75) is 13.3 Å². The largest absolute Gasteiger partial charge is 0.503 e. The highest BCUT2D eigenvalue weighted by molar-refractivity contribution is 5.47. The summed E-state index contributed by atoms with van der Waals surface area (Å²) < 4.78 is 1.79. The van der Waals surface area contributed by atoms with Gasteiger partial charge in [0.05, 0.1) is 5.69 Å². The molecule has 0 saturated heterocycles. The molecule has 0 saturated carbocycles. The lowest BCUT2D eigenvalue weighted by Crippen LogP contribution is -2.10. The summed E-state index contributed by atoms with van der Waals surface area (Å²) in [4.78, 5) is 11.4. The zero-order valence-electron chi connectivity index (χ0n) is 9.55. The van der Waals surface area contributed by atoms with Crippen LogP contribution in [0.4, 0.5) is 5.69 Å². The number of aromatic nitrogens is 1. The topological polar surface area (TPSA) is 68.2 Å². The molecule has 0 aliphatic rings. The fourth-order valence-electron chi connectivity index (χ4n) is 1.78. The molecule has 0 unspecified atom stereocenters. The first-order valence-corrected chi connectivity index (χ1v) is 5.43. The number of nitrogen functional groups attached to an aromatic ring is 1. The Bertz CT molecular complexity index is 585. The van der Waals surface area contributed by atoms with Gasteiger partial charge >= 0.3 is 0 Å². The third-order valence-electron chi connectivity index (χ3n) is 2.68. The number of hydrogen-bond donors (Lipinski definition) is 2. The second-order valence-corrected chi connectivity index (χ2v) is 3.79. The minimum Gasteiger partial charge on any atom is -0.503 e. The van der Waals surface area contributed by atoms with Gasteiger partial charge in [-0.1, -0.05) is 6.92 Å². The van der Waals surface area contributed by atoms with Crippen molar-refractivity contribution in [2.75, 3.05) is 5.73 Å². The Kier molecular flexibility index (Phi) is 2.87. The summed E-state index contributed by atoms with van der Waals surface area (Å²) in [5, 5.41) is 9.74. The number of hydrogen-bond acceptors (Lipinski definition) is 3. The van der Waals surface area contributed by atoms with Gasteiger partial charge in [-0.2, -0.15) is 0 Å². The molecule has 1 heterocycles. The molecule has 1 aromatic carbocycles. The normalized spacial score (nSPS) is 10.4. The lowest BCUT2D eigenvalue weighted by molar-refractivity contribution is 0.456. The van der Waals surface area contributed by atoms with Gasteiger partial charge in [-0.15, -0.1) is 0 Å². The van der Waals surface area contributed by atoms with E-state index in [1.54, 1.807) is 22.9 Å². The molecule has 0 amide bonds. The number of rotatable bonds is 2. The van der Waals surface area contributed by atoms with Crippen LogP contribution < -0.4 is 11.2 Å². The third kappa shape index (κ3) is 2.01. The van der Waals surface area contributed by atoms with Crippen molar-refractivity contribution < 1.29 is 5.11 Å². The molecule has 4 nitrogen and oxygen atoms in total. The summed E-state index contributed by atoms with van der Waals surface area (Å²) in [6.45, 7) is 1.89. The van der Waals surface area contributed by atoms with Crippen molar-refractivity contribution in [1.29, 1.82) is 0 Å². The molecule has 0 bridgehead atoms. The molecule has 0 radical (unpaired) electrons. The van der Waals surface area contributed by atoms with E-state index in [0.717, 1.165) is 5.69 Å². The highest BCUT2D eigenvalue weighted by Crippen LogP contribution is 2.18. The average molecular weight is 230 g/mol. The van der Waals surface area contributed by atoms with Crippen molar-refractivity contribution >= 4 is 5.69 Å². The summed E-state index contributed by atoms with van der Waals surface area (Å²) in [6.07, 6.45) is 2.23. The van der Waals surface area contributed by atoms with E-state index in [1.807, 2.05) is 19.1 Å². The maximum atomic E-state index is 11.4. The number of pyridine rings is 1. The first kappa shape index (κ1) is 11.3. The Morgan fingerprint density at radius 2 is 1.88 bits per heavy atom. The monoisotopic (exact) mass is 230 g/mol. The van der Waals surface area contributed by atoms with Gasteiger partial charge in [-0.3, -0.25) is 4.79 Å². The van der Waals surface area contributed by atoms with Crippen LogP contribution in [0.3, 0.4) is 0 Å². The molecule has 3 N–H and O–H groups in total. The SMILES string of the molecule is CCc1c(O)c(=O)ccn1-c1ccc(N)cc1. The van der Waals surface area contributed by atoms with Crippen LogP contribution in [0.1, 0.15) is 12.6 Å². The molecular formula is C13H14N2O2. The van der Waals surface area contributed by atoms with E-state index in [4.69, 9.17) is 5.73 Å². The molecule has 2 aromatic rings. The van der Waals surface area contributed by atoms with Gasteiger partial charge in [0.25, 0.3) is 0 Å². The molecule has 0 fully saturated rings. The van der Waals surface area contributed by atoms with Crippen molar-refractivity contribution in [3.8, 4) is 11.4 Å². The highest BCUT2D eigenvalue weighted by atomic mass is 16.3. The predicted octanol–water partition coefficient (Wildman–Crippen LogP) is 1.69. The fourth-order valence-corrected chi connectivity index (χ4v) is 1.78. The maximum absolute atomic E-state index is 11.4. The molecule has 17 heavy (non-hydrogen) atoms. The van der Waals surface area contributed by atoms with Crippen molar-refractivity contribution in [2.24, 2.45) is 0 Å². The predicted molar refractivity (Wildman–Crippen MR) is 67.5 cm³/mol. The summed E-state index contributed by atoms with van der Waals surface area (Å²) in [7, 11) is 0. The molecule has 0 aliphatic heterocycles. The quantitative estimate of drug-likeness (QED) is 0.771. The van der Waals surface area contributed by atoms with Crippen LogP contribution in [0.25, 0.3) is 5.69 Å². The molecule has 1 aromatic heterocycles. The smallest absolute Gasteiger partial charge is 0.223 e. The van der Waals surface area contributed by atoms with Gasteiger partial charge in [0.2, 0.25) is 5.43 Å². The number of nitrogens with two attached hydrogens (primary N) is 1. The number of benzene rings is 1. The highest BCUT2D eigenvalue weighted by Gasteiger charge is 2.08. The maximum Gasteiger partial charge on any atom is 0.223 e. The zero-order chi connectivity index (χ0) is 12.4. The second kappa shape index (κ2) is 4.33. The standard InChI is InChI=1S/C13H14N2O2/c1-2-11-13(17)12(16)7-8-15(11)10-5-3-9(14)4-6-10/h3-8,17H,2,14H2,1H3. The van der Waals surface area contributed by atoms with Crippen LogP contribution >= 0.6 is 0 Å². The minimum absolute atomic E-state index is 0.188. The van der Waals surface area contributed by atoms with E-state index in [2.05, 4.69) is 0 Å². The van der Waals surface area contributed by atoms with Crippen LogP contribution in [0.5, 0.6) is 5.75 Å². The summed E-state index contributed by atoms with van der Waals surface area (Å²) in [5.74, 6) is -0.188. The van der Waals surface area contributed by atoms with Gasteiger partial charge in [0.15, 0.2) is 5.75 Å². The van der Waals surface area contributed by atoms with Crippen LogP contribution in [-0.2, 0) is 6.42 Å². The summed E-state index contributed by atoms with van der Waals surface area (Å²) >= 11 is 0. The number of nitrogens with zero attached hydrogens (tertiary/aromatic N) is 1. The van der Waals surface area contributed by atoms with E-state index in [0.29, 0.717) is 17.8 Å². The Hall–Kier alpha value is -2.23. The number of anilines is 1. The molecule has 0 atom stereocenters. The lowest BCUT2D eigenvalue weighted by Gasteiger charge is -2.13. The second-order valence-electron chi connectivity index (χ2n) is 3.79. The van der Waals surface area contributed by atoms with Crippen molar-refractivity contribution in [1.82, 2.24) is 4.57 Å². The minimum atomic E-state index is -0.353. The fraction of sp³-hybridized carbons (Fsp3) is 0.154. The van der Waals surface area contributed by atoms with Gasteiger partial charge < -0.3 is 15.4 Å². The Labute approximate surface area is 98.9 Å². The van der Waals surface area contributed by atoms with E-state index in [9.17, 15) is 9.90 Å². The lowest BCUT2D eigenvalue weighted by atomic mass is 10.2. The molecule has 88 valence electrons.